The lowest BCUT2D eigenvalue weighted by atomic mass is 10.0. The lowest BCUT2D eigenvalue weighted by Gasteiger charge is -2.16. The molecular formula is C54H48N6O15. The molecule has 0 saturated heterocycles. The quantitative estimate of drug-likeness (QED) is 0.0348. The molecule has 0 radical (unpaired) electrons. The molecule has 0 saturated carbocycles. The van der Waals surface area contributed by atoms with E-state index in [2.05, 4.69) is 19.7 Å². The summed E-state index contributed by atoms with van der Waals surface area (Å²) in [6.45, 7) is 17.1. The Morgan fingerprint density at radius 3 is 0.733 bits per heavy atom. The van der Waals surface area contributed by atoms with Crippen molar-refractivity contribution < 1.29 is 57.2 Å². The molecule has 0 aliphatic heterocycles. The molecule has 4 rings (SSSR count). The van der Waals surface area contributed by atoms with Crippen LogP contribution in [0.15, 0.2) is 140 Å². The number of benzene rings is 3. The number of carbonyl (C=O) groups excluding carboxylic acids is 6. The number of hydrogen-bond acceptors (Lipinski definition) is 18. The van der Waals surface area contributed by atoms with Crippen LogP contribution in [0.3, 0.4) is 0 Å². The van der Waals surface area contributed by atoms with Crippen LogP contribution in [0.25, 0.3) is 33.8 Å². The SMILES string of the molecule is C=C(C)C(=O)OCCOC(=O)/C(C#N)=C(\C)c1ccc(-n2c(=O)n(-c3ccc(/C(C)=C(\C#N)C(=O)OCCOC(=O)C(=C)C)cc3)c(=O)n(-c3ccc(/C(C)=C(\C#N)C(=O)OCCOC(=O)C(=C)C)cc3)c2=O)cc1. The number of nitriles is 3. The lowest BCUT2D eigenvalue weighted by molar-refractivity contribution is -0.147. The monoisotopic (exact) mass is 1020 g/mol. The van der Waals surface area contributed by atoms with Crippen LogP contribution in [0.4, 0.5) is 0 Å². The second-order valence-electron chi connectivity index (χ2n) is 16.0. The Labute approximate surface area is 428 Å². The summed E-state index contributed by atoms with van der Waals surface area (Å²) in [5, 5.41) is 29.6. The van der Waals surface area contributed by atoms with Gasteiger partial charge in [0, 0.05) is 16.7 Å². The third-order valence-electron chi connectivity index (χ3n) is 10.6. The van der Waals surface area contributed by atoms with Crippen molar-refractivity contribution in [3.63, 3.8) is 0 Å². The maximum Gasteiger partial charge on any atom is 0.349 e. The first-order valence-electron chi connectivity index (χ1n) is 22.3. The van der Waals surface area contributed by atoms with Gasteiger partial charge in [-0.25, -0.2) is 56.9 Å². The molecule has 384 valence electrons. The minimum Gasteiger partial charge on any atom is -0.459 e. The van der Waals surface area contributed by atoms with Crippen LogP contribution in [-0.2, 0) is 57.2 Å². The molecule has 21 nitrogen and oxygen atoms in total. The molecule has 0 atom stereocenters. The van der Waals surface area contributed by atoms with Crippen molar-refractivity contribution in [1.29, 1.82) is 15.8 Å². The van der Waals surface area contributed by atoms with E-state index < -0.39 is 69.6 Å². The predicted molar refractivity (Wildman–Crippen MR) is 268 cm³/mol. The van der Waals surface area contributed by atoms with Crippen LogP contribution < -0.4 is 17.1 Å². The summed E-state index contributed by atoms with van der Waals surface area (Å²) < 4.78 is 32.1. The number of rotatable bonds is 21. The largest absolute Gasteiger partial charge is 0.459 e. The normalized spacial score (nSPS) is 11.6. The number of esters is 6. The zero-order chi connectivity index (χ0) is 55.7. The van der Waals surface area contributed by atoms with Gasteiger partial charge in [-0.05, 0) is 111 Å². The summed E-state index contributed by atoms with van der Waals surface area (Å²) in [4.78, 5) is 117. The molecule has 0 aliphatic carbocycles. The van der Waals surface area contributed by atoms with E-state index in [1.54, 1.807) is 18.2 Å². The highest BCUT2D eigenvalue weighted by Gasteiger charge is 2.23. The van der Waals surface area contributed by atoms with Crippen molar-refractivity contribution in [2.24, 2.45) is 0 Å². The molecule has 1 aromatic heterocycles. The molecule has 0 N–H and O–H groups in total. The average molecular weight is 1020 g/mol. The Morgan fingerprint density at radius 1 is 0.373 bits per heavy atom. The Hall–Kier alpha value is -10.2. The highest BCUT2D eigenvalue weighted by molar-refractivity contribution is 6.03. The average Bonchev–Trinajstić information content (AvgIpc) is 3.38. The van der Waals surface area contributed by atoms with Gasteiger partial charge in [-0.15, -0.1) is 0 Å². The van der Waals surface area contributed by atoms with Gasteiger partial charge < -0.3 is 28.4 Å². The van der Waals surface area contributed by atoms with E-state index in [4.69, 9.17) is 28.4 Å². The fourth-order valence-corrected chi connectivity index (χ4v) is 6.46. The van der Waals surface area contributed by atoms with Crippen molar-refractivity contribution in [2.75, 3.05) is 39.6 Å². The van der Waals surface area contributed by atoms with Gasteiger partial charge in [-0.2, -0.15) is 15.8 Å². The van der Waals surface area contributed by atoms with Gasteiger partial charge in [0.1, 0.15) is 74.6 Å². The number of allylic oxidation sites excluding steroid dienone is 3. The molecule has 75 heavy (non-hydrogen) atoms. The summed E-state index contributed by atoms with van der Waals surface area (Å²) in [7, 11) is 0. The van der Waals surface area contributed by atoms with Gasteiger partial charge in [0.25, 0.3) is 0 Å². The van der Waals surface area contributed by atoms with Gasteiger partial charge in [0.15, 0.2) is 0 Å². The standard InChI is InChI=1S/C54H48N6O15/c1-31(2)46(61)70-22-25-73-49(64)43(28-55)34(7)37-10-16-40(17-11-37)58-52(67)59(41-18-12-38(13-19-41)35(8)44(29-56)50(65)74-26-23-71-47(62)32(3)4)54(69)60(53(58)68)42-20-14-39(15-21-42)36(9)45(30-57)51(66)75-27-24-72-48(63)33(5)6/h10-21H,1,3,5,22-27H2,2,4,6-9H3/b43-34+,44-35+,45-36+. The van der Waals surface area contributed by atoms with E-state index in [-0.39, 0.29) is 90.1 Å². The number of ether oxygens (including phenoxy) is 6. The van der Waals surface area contributed by atoms with Gasteiger partial charge in [-0.3, -0.25) is 0 Å². The summed E-state index contributed by atoms with van der Waals surface area (Å²) >= 11 is 0. The van der Waals surface area contributed by atoms with E-state index in [0.717, 1.165) is 0 Å². The smallest absolute Gasteiger partial charge is 0.349 e. The van der Waals surface area contributed by atoms with Gasteiger partial charge in [0.2, 0.25) is 0 Å². The maximum atomic E-state index is 14.5. The predicted octanol–water partition coefficient (Wildman–Crippen LogP) is 5.02. The topological polar surface area (TPSA) is 295 Å². The third-order valence-corrected chi connectivity index (χ3v) is 10.6. The summed E-state index contributed by atoms with van der Waals surface area (Å²) in [5.74, 6) is -5.14. The number of aromatic nitrogens is 3. The van der Waals surface area contributed by atoms with Crippen molar-refractivity contribution in [2.45, 2.75) is 41.5 Å². The van der Waals surface area contributed by atoms with Gasteiger partial charge >= 0.3 is 52.9 Å². The van der Waals surface area contributed by atoms with Crippen LogP contribution in [0.2, 0.25) is 0 Å². The molecule has 0 unspecified atom stereocenters. The van der Waals surface area contributed by atoms with Crippen molar-refractivity contribution in [3.05, 3.63) is 174 Å². The fraction of sp³-hybridized carbons (Fsp3) is 0.222. The van der Waals surface area contributed by atoms with Crippen LogP contribution >= 0.6 is 0 Å². The van der Waals surface area contributed by atoms with E-state index >= 15 is 0 Å². The molecule has 0 aliphatic rings. The zero-order valence-electron chi connectivity index (χ0n) is 41.6. The Morgan fingerprint density at radius 2 is 0.560 bits per heavy atom. The molecule has 0 spiro atoms. The van der Waals surface area contributed by atoms with Crippen LogP contribution in [0.1, 0.15) is 58.2 Å². The molecule has 4 aromatic rings. The van der Waals surface area contributed by atoms with E-state index in [9.17, 15) is 58.9 Å². The van der Waals surface area contributed by atoms with Gasteiger partial charge in [-0.1, -0.05) is 56.1 Å². The fourth-order valence-electron chi connectivity index (χ4n) is 6.46. The van der Waals surface area contributed by atoms with Crippen LogP contribution in [-0.4, -0.2) is 89.2 Å². The van der Waals surface area contributed by atoms with Crippen molar-refractivity contribution in [3.8, 4) is 35.3 Å². The molecule has 21 heteroatoms. The van der Waals surface area contributed by atoms with Crippen molar-refractivity contribution >= 4 is 52.5 Å². The van der Waals surface area contributed by atoms with Gasteiger partial charge in [0.05, 0.1) is 17.1 Å². The van der Waals surface area contributed by atoms with Crippen LogP contribution in [0, 0.1) is 34.0 Å². The Bertz CT molecular complexity index is 3030. The third kappa shape index (κ3) is 14.2. The Balaban J connectivity index is 1.82. The zero-order valence-corrected chi connectivity index (χ0v) is 41.6. The number of nitrogens with zero attached hydrogens (tertiary/aromatic N) is 6. The first-order valence-corrected chi connectivity index (χ1v) is 22.3. The molecule has 1 heterocycles. The molecule has 0 fully saturated rings. The summed E-state index contributed by atoms with van der Waals surface area (Å²) in [5.41, 5.74) is -3.16. The second kappa shape index (κ2) is 26.3. The maximum absolute atomic E-state index is 14.5. The van der Waals surface area contributed by atoms with Crippen LogP contribution in [0.5, 0.6) is 0 Å². The second-order valence-corrected chi connectivity index (χ2v) is 16.0. The molecule has 3 aromatic carbocycles. The van der Waals surface area contributed by atoms with E-state index in [0.29, 0.717) is 30.4 Å². The highest BCUT2D eigenvalue weighted by Crippen LogP contribution is 2.24. The number of carbonyl (C=O) groups is 6. The molecule has 0 amide bonds. The first kappa shape index (κ1) is 57.4. The molecule has 0 bridgehead atoms. The molecular weight excluding hydrogens is 973 g/mol. The number of hydrogen-bond donors (Lipinski definition) is 0. The highest BCUT2D eigenvalue weighted by atomic mass is 16.6. The Kier molecular flexibility index (Phi) is 20.1. The summed E-state index contributed by atoms with van der Waals surface area (Å²) in [6.07, 6.45) is 0. The minimum atomic E-state index is -1.15. The van der Waals surface area contributed by atoms with E-state index in [1.165, 1.54) is 114 Å². The summed E-state index contributed by atoms with van der Waals surface area (Å²) in [6, 6.07) is 21.8. The minimum absolute atomic E-state index is 0.0756. The lowest BCUT2D eigenvalue weighted by Crippen LogP contribution is -2.52. The van der Waals surface area contributed by atoms with E-state index in [1.807, 2.05) is 0 Å². The first-order chi connectivity index (χ1) is 35.6. The van der Waals surface area contributed by atoms with Crippen molar-refractivity contribution in [1.82, 2.24) is 13.7 Å².